The summed E-state index contributed by atoms with van der Waals surface area (Å²) in [6, 6.07) is 0.0932. The van der Waals surface area contributed by atoms with Gasteiger partial charge in [-0.25, -0.2) is 0 Å². The summed E-state index contributed by atoms with van der Waals surface area (Å²) < 4.78 is 0. The molecule has 0 aliphatic carbocycles. The summed E-state index contributed by atoms with van der Waals surface area (Å²) in [7, 11) is 0. The highest BCUT2D eigenvalue weighted by Crippen LogP contribution is 2.13. The van der Waals surface area contributed by atoms with Crippen molar-refractivity contribution in [2.75, 3.05) is 0 Å². The second-order valence-corrected chi connectivity index (χ2v) is 5.06. The smallest absolute Gasteiger partial charge is 0.223 e. The zero-order valence-corrected chi connectivity index (χ0v) is 12.1. The van der Waals surface area contributed by atoms with Crippen LogP contribution in [-0.2, 0) is 4.79 Å². The maximum Gasteiger partial charge on any atom is 0.223 e. The molecule has 0 aliphatic heterocycles. The highest BCUT2D eigenvalue weighted by Gasteiger charge is 2.19. The molecule has 0 aromatic heterocycles. The first-order valence-corrected chi connectivity index (χ1v) is 7.04. The molecule has 0 saturated heterocycles. The Morgan fingerprint density at radius 1 is 1.29 bits per heavy atom. The molecule has 0 aliphatic rings. The fourth-order valence-electron chi connectivity index (χ4n) is 1.83. The second kappa shape index (κ2) is 9.40. The molecule has 0 spiro atoms. The summed E-state index contributed by atoms with van der Waals surface area (Å²) in [6.45, 7) is 6.25. The van der Waals surface area contributed by atoms with Crippen LogP contribution < -0.4 is 11.1 Å². The zero-order valence-electron chi connectivity index (χ0n) is 11.3. The average molecular weight is 258 g/mol. The maximum absolute atomic E-state index is 12.0. The highest BCUT2D eigenvalue weighted by atomic mass is 32.1. The van der Waals surface area contributed by atoms with Crippen LogP contribution in [0.15, 0.2) is 0 Å². The molecule has 0 aromatic carbocycles. The van der Waals surface area contributed by atoms with E-state index in [1.54, 1.807) is 0 Å². The van der Waals surface area contributed by atoms with Crippen molar-refractivity contribution in [3.8, 4) is 0 Å². The molecule has 3 N–H and O–H groups in total. The molecule has 0 rings (SSSR count). The van der Waals surface area contributed by atoms with Gasteiger partial charge in [-0.1, -0.05) is 45.8 Å². The van der Waals surface area contributed by atoms with E-state index in [9.17, 15) is 4.79 Å². The van der Waals surface area contributed by atoms with Crippen molar-refractivity contribution in [2.45, 2.75) is 65.3 Å². The standard InChI is InChI=1S/C13H26N2OS/c1-4-7-8-10(5-2)13(16)15-11(6-3)9-12(14)17/h10-11H,4-9H2,1-3H3,(H2,14,17)(H,15,16). The summed E-state index contributed by atoms with van der Waals surface area (Å²) in [5, 5.41) is 3.05. The van der Waals surface area contributed by atoms with Gasteiger partial charge in [-0.15, -0.1) is 0 Å². The first kappa shape index (κ1) is 16.4. The summed E-state index contributed by atoms with van der Waals surface area (Å²) in [4.78, 5) is 12.5. The lowest BCUT2D eigenvalue weighted by atomic mass is 9.97. The van der Waals surface area contributed by atoms with E-state index in [2.05, 4.69) is 19.2 Å². The Labute approximate surface area is 111 Å². The minimum Gasteiger partial charge on any atom is -0.393 e. The lowest BCUT2D eigenvalue weighted by molar-refractivity contribution is -0.126. The molecule has 0 saturated carbocycles. The van der Waals surface area contributed by atoms with Gasteiger partial charge in [-0.05, 0) is 19.3 Å². The average Bonchev–Trinajstić information content (AvgIpc) is 2.28. The normalized spacial score (nSPS) is 14.1. The fraction of sp³-hybridized carbons (Fsp3) is 0.846. The van der Waals surface area contributed by atoms with Crippen molar-refractivity contribution in [2.24, 2.45) is 11.7 Å². The zero-order chi connectivity index (χ0) is 13.3. The molecule has 0 aromatic rings. The molecule has 4 heteroatoms. The summed E-state index contributed by atoms with van der Waals surface area (Å²) in [5.74, 6) is 0.291. The fourth-order valence-corrected chi connectivity index (χ4v) is 2.03. The van der Waals surface area contributed by atoms with E-state index in [0.29, 0.717) is 11.4 Å². The van der Waals surface area contributed by atoms with E-state index in [4.69, 9.17) is 18.0 Å². The first-order valence-electron chi connectivity index (χ1n) is 6.63. The number of unbranched alkanes of at least 4 members (excludes halogenated alkanes) is 1. The Hall–Kier alpha value is -0.640. The molecular weight excluding hydrogens is 232 g/mol. The van der Waals surface area contributed by atoms with Crippen LogP contribution in [0.1, 0.15) is 59.3 Å². The monoisotopic (exact) mass is 258 g/mol. The van der Waals surface area contributed by atoms with Crippen molar-refractivity contribution < 1.29 is 4.79 Å². The number of hydrogen-bond donors (Lipinski definition) is 2. The van der Waals surface area contributed by atoms with E-state index in [1.165, 1.54) is 0 Å². The molecular formula is C13H26N2OS. The lowest BCUT2D eigenvalue weighted by Crippen LogP contribution is -2.40. The van der Waals surface area contributed by atoms with Crippen LogP contribution in [0.25, 0.3) is 0 Å². The van der Waals surface area contributed by atoms with Crippen LogP contribution >= 0.6 is 12.2 Å². The minimum absolute atomic E-state index is 0.0932. The van der Waals surface area contributed by atoms with E-state index < -0.39 is 0 Å². The van der Waals surface area contributed by atoms with E-state index in [0.717, 1.165) is 32.1 Å². The molecule has 2 unspecified atom stereocenters. The van der Waals surface area contributed by atoms with Crippen LogP contribution in [0, 0.1) is 5.92 Å². The predicted molar refractivity (Wildman–Crippen MR) is 76.9 cm³/mol. The Kier molecular flexibility index (Phi) is 9.04. The second-order valence-electron chi connectivity index (χ2n) is 4.53. The third kappa shape index (κ3) is 7.31. The van der Waals surface area contributed by atoms with Crippen molar-refractivity contribution in [1.82, 2.24) is 5.32 Å². The number of hydrogen-bond acceptors (Lipinski definition) is 2. The number of carbonyl (C=O) groups is 1. The van der Waals surface area contributed by atoms with Crippen LogP contribution in [0.2, 0.25) is 0 Å². The van der Waals surface area contributed by atoms with Crippen LogP contribution in [-0.4, -0.2) is 16.9 Å². The molecule has 2 atom stereocenters. The largest absolute Gasteiger partial charge is 0.393 e. The SMILES string of the molecule is CCCCC(CC)C(=O)NC(CC)CC(N)=S. The lowest BCUT2D eigenvalue weighted by Gasteiger charge is -2.20. The quantitative estimate of drug-likeness (QED) is 0.625. The Bertz CT molecular complexity index is 244. The third-order valence-corrected chi connectivity index (χ3v) is 3.22. The molecule has 3 nitrogen and oxygen atoms in total. The number of rotatable bonds is 9. The van der Waals surface area contributed by atoms with Crippen molar-refractivity contribution >= 4 is 23.1 Å². The Morgan fingerprint density at radius 3 is 2.35 bits per heavy atom. The van der Waals surface area contributed by atoms with Crippen LogP contribution in [0.5, 0.6) is 0 Å². The van der Waals surface area contributed by atoms with Gasteiger partial charge in [0.05, 0.1) is 4.99 Å². The van der Waals surface area contributed by atoms with Gasteiger partial charge >= 0.3 is 0 Å². The highest BCUT2D eigenvalue weighted by molar-refractivity contribution is 7.80. The number of nitrogens with one attached hydrogen (secondary N) is 1. The van der Waals surface area contributed by atoms with Gasteiger partial charge in [0, 0.05) is 18.4 Å². The summed E-state index contributed by atoms with van der Waals surface area (Å²) in [6.07, 6.45) is 5.58. The van der Waals surface area contributed by atoms with Gasteiger partial charge in [-0.2, -0.15) is 0 Å². The van der Waals surface area contributed by atoms with E-state index in [1.807, 2.05) is 6.92 Å². The molecule has 17 heavy (non-hydrogen) atoms. The Morgan fingerprint density at radius 2 is 1.94 bits per heavy atom. The molecule has 1 amide bonds. The van der Waals surface area contributed by atoms with Gasteiger partial charge in [0.2, 0.25) is 5.91 Å². The van der Waals surface area contributed by atoms with Crippen molar-refractivity contribution in [3.63, 3.8) is 0 Å². The van der Waals surface area contributed by atoms with Crippen molar-refractivity contribution in [3.05, 3.63) is 0 Å². The number of carbonyl (C=O) groups excluding carboxylic acids is 1. The molecule has 0 radical (unpaired) electrons. The van der Waals surface area contributed by atoms with Crippen LogP contribution in [0.3, 0.4) is 0 Å². The minimum atomic E-state index is 0.0932. The Balaban J connectivity index is 4.21. The maximum atomic E-state index is 12.0. The molecule has 0 fully saturated rings. The topological polar surface area (TPSA) is 55.1 Å². The molecule has 0 bridgehead atoms. The van der Waals surface area contributed by atoms with Gasteiger partial charge in [0.1, 0.15) is 0 Å². The number of thiocarbonyl (C=S) groups is 1. The number of amides is 1. The van der Waals surface area contributed by atoms with Gasteiger partial charge in [-0.3, -0.25) is 4.79 Å². The first-order chi connectivity index (χ1) is 8.04. The van der Waals surface area contributed by atoms with Crippen molar-refractivity contribution in [1.29, 1.82) is 0 Å². The van der Waals surface area contributed by atoms with Gasteiger partial charge in [0.15, 0.2) is 0 Å². The van der Waals surface area contributed by atoms with E-state index in [-0.39, 0.29) is 17.9 Å². The molecule has 0 heterocycles. The van der Waals surface area contributed by atoms with E-state index >= 15 is 0 Å². The predicted octanol–water partition coefficient (Wildman–Crippen LogP) is 2.77. The van der Waals surface area contributed by atoms with Gasteiger partial charge in [0.25, 0.3) is 0 Å². The molecule has 100 valence electrons. The number of nitrogens with two attached hydrogens (primary N) is 1. The van der Waals surface area contributed by atoms with Crippen LogP contribution in [0.4, 0.5) is 0 Å². The third-order valence-electron chi connectivity index (χ3n) is 3.06. The summed E-state index contributed by atoms with van der Waals surface area (Å²) >= 11 is 4.88. The van der Waals surface area contributed by atoms with Gasteiger partial charge < -0.3 is 11.1 Å². The summed E-state index contributed by atoms with van der Waals surface area (Å²) in [5.41, 5.74) is 5.51.